The van der Waals surface area contributed by atoms with Crippen LogP contribution in [0.5, 0.6) is 0 Å². The second kappa shape index (κ2) is 6.43. The first kappa shape index (κ1) is 16.4. The number of aromatic nitrogens is 1. The summed E-state index contributed by atoms with van der Waals surface area (Å²) in [6, 6.07) is 5.87. The van der Waals surface area contributed by atoms with Gasteiger partial charge in [-0.2, -0.15) is 17.6 Å². The number of amides is 1. The normalized spacial score (nSPS) is 11.5. The van der Waals surface area contributed by atoms with Gasteiger partial charge in [0.15, 0.2) is 0 Å². The van der Waals surface area contributed by atoms with Crippen molar-refractivity contribution in [3.63, 3.8) is 0 Å². The van der Waals surface area contributed by atoms with Gasteiger partial charge in [0.25, 0.3) is 5.91 Å². The van der Waals surface area contributed by atoms with Crippen molar-refractivity contribution in [1.82, 2.24) is 10.3 Å². The summed E-state index contributed by atoms with van der Waals surface area (Å²) in [7, 11) is 0. The van der Waals surface area contributed by atoms with Crippen molar-refractivity contribution < 1.29 is 22.4 Å². The predicted octanol–water partition coefficient (Wildman–Crippen LogP) is 3.94. The number of benzene rings is 1. The van der Waals surface area contributed by atoms with E-state index < -0.39 is 30.2 Å². The van der Waals surface area contributed by atoms with Gasteiger partial charge in [0.05, 0.1) is 11.4 Å². The van der Waals surface area contributed by atoms with Crippen molar-refractivity contribution in [2.24, 2.45) is 0 Å². The molecule has 2 aromatic rings. The highest BCUT2D eigenvalue weighted by atomic mass is 32.1. The summed E-state index contributed by atoms with van der Waals surface area (Å²) in [6.45, 7) is 1.20. The van der Waals surface area contributed by atoms with E-state index in [-0.39, 0.29) is 11.3 Å². The Balaban J connectivity index is 2.02. The minimum atomic E-state index is -4.31. The monoisotopic (exact) mass is 332 g/mol. The van der Waals surface area contributed by atoms with Crippen LogP contribution in [-0.2, 0) is 0 Å². The van der Waals surface area contributed by atoms with Crippen molar-refractivity contribution >= 4 is 17.2 Å². The Labute approximate surface area is 128 Å². The molecule has 22 heavy (non-hydrogen) atoms. The van der Waals surface area contributed by atoms with Crippen LogP contribution in [0.25, 0.3) is 11.3 Å². The number of thiazole rings is 1. The second-order valence-electron chi connectivity index (χ2n) is 4.55. The summed E-state index contributed by atoms with van der Waals surface area (Å²) >= 11 is 0.924. The van der Waals surface area contributed by atoms with E-state index in [1.54, 1.807) is 6.92 Å². The molecule has 0 unspecified atom stereocenters. The molecule has 0 aliphatic rings. The summed E-state index contributed by atoms with van der Waals surface area (Å²) < 4.78 is 49.6. The molecule has 1 heterocycles. The lowest BCUT2D eigenvalue weighted by molar-refractivity contribution is -0.132. The average Bonchev–Trinajstić information content (AvgIpc) is 2.76. The van der Waals surface area contributed by atoms with Crippen molar-refractivity contribution in [2.75, 3.05) is 6.54 Å². The molecule has 1 amide bonds. The van der Waals surface area contributed by atoms with Crippen LogP contribution >= 0.6 is 11.3 Å². The Hall–Kier alpha value is -1.96. The first-order chi connectivity index (χ1) is 10.3. The Kier molecular flexibility index (Phi) is 4.80. The van der Waals surface area contributed by atoms with Gasteiger partial charge in [-0.1, -0.05) is 23.5 Å². The molecule has 0 aliphatic heterocycles. The highest BCUT2D eigenvalue weighted by molar-refractivity contribution is 7.10. The molecular formula is C14H12F4N2OS. The molecule has 0 atom stereocenters. The number of rotatable bonds is 4. The highest BCUT2D eigenvalue weighted by Gasteiger charge is 2.26. The standard InChI is InChI=1S/C14H12F4N2OS/c1-8-20-11(12(15)22-8)9-2-4-10(5-3-9)13(21)19-7-6-14(16,17)18/h2-5H,6-7H2,1H3,(H,19,21). The van der Waals surface area contributed by atoms with Crippen LogP contribution in [0.2, 0.25) is 0 Å². The van der Waals surface area contributed by atoms with Gasteiger partial charge < -0.3 is 5.32 Å². The minimum absolute atomic E-state index is 0.200. The zero-order valence-corrected chi connectivity index (χ0v) is 12.3. The number of alkyl halides is 3. The molecule has 118 valence electrons. The topological polar surface area (TPSA) is 42.0 Å². The summed E-state index contributed by atoms with van der Waals surface area (Å²) in [5.41, 5.74) is 0.915. The first-order valence-electron chi connectivity index (χ1n) is 6.34. The van der Waals surface area contributed by atoms with Crippen LogP contribution in [0.3, 0.4) is 0 Å². The number of hydrogen-bond acceptors (Lipinski definition) is 3. The van der Waals surface area contributed by atoms with Crippen LogP contribution in [0, 0.1) is 12.1 Å². The van der Waals surface area contributed by atoms with Crippen molar-refractivity contribution in [2.45, 2.75) is 19.5 Å². The van der Waals surface area contributed by atoms with Gasteiger partial charge in [0.1, 0.15) is 5.69 Å². The van der Waals surface area contributed by atoms with E-state index >= 15 is 0 Å². The van der Waals surface area contributed by atoms with Crippen molar-refractivity contribution in [3.05, 3.63) is 40.0 Å². The largest absolute Gasteiger partial charge is 0.390 e. The number of aryl methyl sites for hydroxylation is 1. The molecule has 0 spiro atoms. The predicted molar refractivity (Wildman–Crippen MR) is 75.3 cm³/mol. The van der Waals surface area contributed by atoms with Gasteiger partial charge in [-0.15, -0.1) is 0 Å². The summed E-state index contributed by atoms with van der Waals surface area (Å²) in [4.78, 5) is 15.7. The molecule has 1 aromatic carbocycles. The van der Waals surface area contributed by atoms with Crippen LogP contribution in [0.4, 0.5) is 17.6 Å². The molecule has 1 aromatic heterocycles. The van der Waals surface area contributed by atoms with Gasteiger partial charge >= 0.3 is 6.18 Å². The molecule has 0 radical (unpaired) electrons. The molecule has 1 N–H and O–H groups in total. The molecule has 0 fully saturated rings. The van der Waals surface area contributed by atoms with Gasteiger partial charge in [0.2, 0.25) is 5.13 Å². The molecule has 0 saturated carbocycles. The molecule has 0 aliphatic carbocycles. The van der Waals surface area contributed by atoms with Crippen LogP contribution in [-0.4, -0.2) is 23.6 Å². The van der Waals surface area contributed by atoms with E-state index in [1.807, 2.05) is 0 Å². The van der Waals surface area contributed by atoms with E-state index in [4.69, 9.17) is 0 Å². The third-order valence-corrected chi connectivity index (χ3v) is 3.57. The summed E-state index contributed by atoms with van der Waals surface area (Å²) in [5, 5.41) is 2.35. The van der Waals surface area contributed by atoms with E-state index in [9.17, 15) is 22.4 Å². The molecular weight excluding hydrogens is 320 g/mol. The number of nitrogens with one attached hydrogen (secondary N) is 1. The maximum Gasteiger partial charge on any atom is 0.390 e. The van der Waals surface area contributed by atoms with Crippen LogP contribution < -0.4 is 5.32 Å². The fraction of sp³-hybridized carbons (Fsp3) is 0.286. The maximum absolute atomic E-state index is 13.6. The maximum atomic E-state index is 13.6. The Morgan fingerprint density at radius 3 is 2.41 bits per heavy atom. The quantitative estimate of drug-likeness (QED) is 0.862. The number of halogens is 4. The van der Waals surface area contributed by atoms with E-state index in [0.29, 0.717) is 10.6 Å². The lowest BCUT2D eigenvalue weighted by Crippen LogP contribution is -2.27. The lowest BCUT2D eigenvalue weighted by atomic mass is 10.1. The first-order valence-corrected chi connectivity index (χ1v) is 7.16. The fourth-order valence-electron chi connectivity index (χ4n) is 1.78. The van der Waals surface area contributed by atoms with E-state index in [1.165, 1.54) is 24.3 Å². The Morgan fingerprint density at radius 2 is 1.91 bits per heavy atom. The Bertz CT molecular complexity index is 664. The summed E-state index contributed by atoms with van der Waals surface area (Å²) in [6.07, 6.45) is -5.39. The van der Waals surface area contributed by atoms with Crippen LogP contribution in [0.15, 0.2) is 24.3 Å². The smallest absolute Gasteiger partial charge is 0.352 e. The van der Waals surface area contributed by atoms with Crippen molar-refractivity contribution in [1.29, 1.82) is 0 Å². The average molecular weight is 332 g/mol. The molecule has 0 saturated heterocycles. The number of carbonyl (C=O) groups is 1. The Morgan fingerprint density at radius 1 is 1.27 bits per heavy atom. The van der Waals surface area contributed by atoms with Gasteiger partial charge in [-0.05, 0) is 19.1 Å². The number of nitrogens with zero attached hydrogens (tertiary/aromatic N) is 1. The van der Waals surface area contributed by atoms with Gasteiger partial charge in [0, 0.05) is 17.7 Å². The summed E-state index contributed by atoms with van der Waals surface area (Å²) in [5.74, 6) is -0.606. The SMILES string of the molecule is Cc1nc(-c2ccc(C(=O)NCCC(F)(F)F)cc2)c(F)s1. The lowest BCUT2D eigenvalue weighted by Gasteiger charge is -2.08. The number of carbonyl (C=O) groups excluding carboxylic acids is 1. The second-order valence-corrected chi connectivity index (χ2v) is 5.71. The molecule has 0 bridgehead atoms. The molecule has 2 rings (SSSR count). The molecule has 3 nitrogen and oxygen atoms in total. The highest BCUT2D eigenvalue weighted by Crippen LogP contribution is 2.26. The van der Waals surface area contributed by atoms with Crippen molar-refractivity contribution in [3.8, 4) is 11.3 Å². The minimum Gasteiger partial charge on any atom is -0.352 e. The van der Waals surface area contributed by atoms with Gasteiger partial charge in [-0.25, -0.2) is 4.98 Å². The zero-order chi connectivity index (χ0) is 16.3. The van der Waals surface area contributed by atoms with E-state index in [2.05, 4.69) is 10.3 Å². The number of hydrogen-bond donors (Lipinski definition) is 1. The fourth-order valence-corrected chi connectivity index (χ4v) is 2.44. The third kappa shape index (κ3) is 4.27. The van der Waals surface area contributed by atoms with E-state index in [0.717, 1.165) is 11.3 Å². The molecule has 8 heteroatoms. The van der Waals surface area contributed by atoms with Gasteiger partial charge in [-0.3, -0.25) is 4.79 Å². The third-order valence-electron chi connectivity index (χ3n) is 2.81. The zero-order valence-electron chi connectivity index (χ0n) is 11.5. The van der Waals surface area contributed by atoms with Crippen LogP contribution in [0.1, 0.15) is 21.8 Å².